The number of aliphatic hydroxyl groups excluding tert-OH is 2. The van der Waals surface area contributed by atoms with Crippen LogP contribution in [0.1, 0.15) is 107 Å². The zero-order valence-corrected chi connectivity index (χ0v) is 33.0. The number of carbonyl (C=O) groups excluding carboxylic acids is 1. The van der Waals surface area contributed by atoms with Crippen LogP contribution in [-0.2, 0) is 33.2 Å². The van der Waals surface area contributed by atoms with Crippen molar-refractivity contribution in [2.75, 3.05) is 13.7 Å². The van der Waals surface area contributed by atoms with Crippen LogP contribution in [0, 0.1) is 35.5 Å². The molecular formula is C36H61NaO11. The molecule has 5 aliphatic heterocycles. The first kappa shape index (κ1) is 40.9. The zero-order valence-electron chi connectivity index (χ0n) is 31.0. The molecule has 0 aromatic carbocycles. The average Bonchev–Trinajstić information content (AvgIpc) is 3.73. The van der Waals surface area contributed by atoms with Crippen molar-refractivity contribution in [3.05, 3.63) is 0 Å². The summed E-state index contributed by atoms with van der Waals surface area (Å²) in [6.45, 7) is 15.4. The Morgan fingerprint density at radius 2 is 1.73 bits per heavy atom. The minimum absolute atomic E-state index is 0. The molecule has 0 radical (unpaired) electrons. The molecule has 0 saturated carbocycles. The summed E-state index contributed by atoms with van der Waals surface area (Å²) < 4.78 is 39.3. The molecule has 0 aromatic heterocycles. The average molecular weight is 693 g/mol. The molecule has 1 spiro atoms. The number of aliphatic hydroxyl groups is 3. The fourth-order valence-corrected chi connectivity index (χ4v) is 9.91. The maximum Gasteiger partial charge on any atom is 1.00 e. The second-order valence-electron chi connectivity index (χ2n) is 16.3. The van der Waals surface area contributed by atoms with Gasteiger partial charge < -0.3 is 53.6 Å². The van der Waals surface area contributed by atoms with Crippen LogP contribution in [0.2, 0.25) is 0 Å². The summed E-state index contributed by atoms with van der Waals surface area (Å²) in [6, 6.07) is 0. The van der Waals surface area contributed by atoms with Gasteiger partial charge in [-0.05, 0) is 57.3 Å². The summed E-state index contributed by atoms with van der Waals surface area (Å²) in [7, 11) is 1.50. The van der Waals surface area contributed by atoms with Crippen LogP contribution in [0.4, 0.5) is 0 Å². The van der Waals surface area contributed by atoms with Crippen LogP contribution in [-0.4, -0.2) is 101 Å². The Morgan fingerprint density at radius 3 is 2.33 bits per heavy atom. The molecule has 5 heterocycles. The SMILES string of the molecule is CC[C@@]1([C@H]2O[C@H]([C@H]3O[C@@](O)(CO)[C@H](C)C[C@@H]3C)C[C@H]2C)CC[C@H]([C@@]2(C)CC[C@]3(C[C@H](O)[C@@H](C)[C@@H]([C@H](C)[C@H](OC)[C@@H](C)C(=O)[O-])O3)O2)O1.[Na+]. The summed E-state index contributed by atoms with van der Waals surface area (Å²) >= 11 is 0. The van der Waals surface area contributed by atoms with Gasteiger partial charge in [-0.2, -0.15) is 0 Å². The number of carbonyl (C=O) groups is 1. The smallest absolute Gasteiger partial charge is 0.550 e. The van der Waals surface area contributed by atoms with E-state index in [9.17, 15) is 25.2 Å². The Morgan fingerprint density at radius 1 is 1.04 bits per heavy atom. The van der Waals surface area contributed by atoms with Crippen molar-refractivity contribution in [2.24, 2.45) is 35.5 Å². The van der Waals surface area contributed by atoms with Crippen LogP contribution < -0.4 is 34.7 Å². The first-order valence-corrected chi connectivity index (χ1v) is 18.1. The largest absolute Gasteiger partial charge is 1.00 e. The number of rotatable bonds is 10. The van der Waals surface area contributed by atoms with Gasteiger partial charge in [0, 0.05) is 49.6 Å². The van der Waals surface area contributed by atoms with Gasteiger partial charge in [-0.25, -0.2) is 0 Å². The van der Waals surface area contributed by atoms with E-state index in [2.05, 4.69) is 27.7 Å². The summed E-state index contributed by atoms with van der Waals surface area (Å²) in [5, 5.41) is 43.9. The zero-order chi connectivity index (χ0) is 34.7. The number of carboxylic acid groups (broad SMARTS) is 1. The van der Waals surface area contributed by atoms with Crippen LogP contribution in [0.3, 0.4) is 0 Å². The molecule has 0 aliphatic carbocycles. The quantitative estimate of drug-likeness (QED) is 0.264. The number of ether oxygens (including phenoxy) is 6. The Balaban J connectivity index is 0.00000520. The Labute approximate surface area is 309 Å². The molecule has 0 aromatic rings. The van der Waals surface area contributed by atoms with E-state index in [0.717, 1.165) is 32.1 Å². The van der Waals surface area contributed by atoms with Crippen molar-refractivity contribution in [3.8, 4) is 0 Å². The predicted octanol–water partition coefficient (Wildman–Crippen LogP) is -0.0578. The van der Waals surface area contributed by atoms with E-state index in [1.165, 1.54) is 7.11 Å². The Hall–Kier alpha value is 0.110. The van der Waals surface area contributed by atoms with E-state index in [4.69, 9.17) is 28.4 Å². The first-order valence-electron chi connectivity index (χ1n) is 18.1. The fraction of sp³-hybridized carbons (Fsp3) is 0.972. The second-order valence-corrected chi connectivity index (χ2v) is 16.3. The van der Waals surface area contributed by atoms with Crippen LogP contribution in [0.15, 0.2) is 0 Å². The van der Waals surface area contributed by atoms with Crippen molar-refractivity contribution < 1.29 is 83.2 Å². The molecule has 0 amide bonds. The van der Waals surface area contributed by atoms with E-state index in [0.29, 0.717) is 19.3 Å². The van der Waals surface area contributed by atoms with Crippen LogP contribution in [0.25, 0.3) is 0 Å². The van der Waals surface area contributed by atoms with E-state index in [-0.39, 0.29) is 83.6 Å². The van der Waals surface area contributed by atoms with Crippen molar-refractivity contribution in [1.29, 1.82) is 0 Å². The topological polar surface area (TPSA) is 156 Å². The van der Waals surface area contributed by atoms with Crippen molar-refractivity contribution in [1.82, 2.24) is 0 Å². The van der Waals surface area contributed by atoms with Gasteiger partial charge in [0.25, 0.3) is 0 Å². The molecule has 272 valence electrons. The van der Waals surface area contributed by atoms with Gasteiger partial charge in [0.05, 0.1) is 60.5 Å². The van der Waals surface area contributed by atoms with Crippen molar-refractivity contribution >= 4 is 5.97 Å². The van der Waals surface area contributed by atoms with Gasteiger partial charge in [0.15, 0.2) is 11.6 Å². The number of hydrogen-bond acceptors (Lipinski definition) is 11. The van der Waals surface area contributed by atoms with Gasteiger partial charge in [-0.1, -0.05) is 48.5 Å². The van der Waals surface area contributed by atoms with Crippen LogP contribution in [0.5, 0.6) is 0 Å². The molecule has 17 atom stereocenters. The summed E-state index contributed by atoms with van der Waals surface area (Å²) in [6.07, 6.45) is 2.81. The third kappa shape index (κ3) is 7.33. The van der Waals surface area contributed by atoms with E-state index in [1.54, 1.807) is 6.92 Å². The Bertz CT molecular complexity index is 1110. The van der Waals surface area contributed by atoms with Gasteiger partial charge >= 0.3 is 29.6 Å². The molecule has 5 rings (SSSR count). The predicted molar refractivity (Wildman–Crippen MR) is 170 cm³/mol. The maximum atomic E-state index is 11.7. The fourth-order valence-electron chi connectivity index (χ4n) is 9.91. The van der Waals surface area contributed by atoms with Crippen LogP contribution >= 0.6 is 0 Å². The molecule has 5 saturated heterocycles. The van der Waals surface area contributed by atoms with Gasteiger partial charge in [0.2, 0.25) is 0 Å². The molecule has 0 unspecified atom stereocenters. The summed E-state index contributed by atoms with van der Waals surface area (Å²) in [5.41, 5.74) is -1.16. The Kier molecular flexibility index (Phi) is 13.0. The standard InChI is InChI=1S/C36H62O11.Na/c1-10-34(31-20(3)16-26(43-31)28-19(2)15-21(4)36(41,18-37)46-28)12-11-27(44-34)33(8)13-14-35(47-33)17-25(38)22(5)30(45-35)23(6)29(42-9)24(7)32(39)40;/h19-31,37-38,41H,10-18H2,1-9H3,(H,39,40);/q;+1/p-1/t19-,20+,21+,22+,23+,24+,25-,26-,27+,28-,29-,30-,31-,33+,34-,35+,36-;/m0./s1. The summed E-state index contributed by atoms with van der Waals surface area (Å²) in [5.74, 6) is -4.97. The van der Waals surface area contributed by atoms with E-state index < -0.39 is 59.6 Å². The maximum absolute atomic E-state index is 11.7. The van der Waals surface area contributed by atoms with Gasteiger partial charge in [-0.15, -0.1) is 0 Å². The molecule has 5 fully saturated rings. The first-order chi connectivity index (χ1) is 22.0. The monoisotopic (exact) mass is 692 g/mol. The number of aliphatic carboxylic acids is 1. The van der Waals surface area contributed by atoms with E-state index >= 15 is 0 Å². The number of methoxy groups -OCH3 is 1. The second kappa shape index (κ2) is 15.2. The third-order valence-corrected chi connectivity index (χ3v) is 13.0. The van der Waals surface area contributed by atoms with E-state index in [1.807, 2.05) is 20.8 Å². The molecule has 11 nitrogen and oxygen atoms in total. The number of hydrogen-bond donors (Lipinski definition) is 3. The van der Waals surface area contributed by atoms with Gasteiger partial charge in [0.1, 0.15) is 0 Å². The van der Waals surface area contributed by atoms with Crippen molar-refractivity contribution in [2.45, 2.75) is 172 Å². The third-order valence-electron chi connectivity index (χ3n) is 13.0. The molecule has 5 aliphatic rings. The molecule has 3 N–H and O–H groups in total. The molecule has 48 heavy (non-hydrogen) atoms. The normalized spacial score (nSPS) is 49.8. The number of carboxylic acids is 1. The molecule has 12 heteroatoms. The minimum Gasteiger partial charge on any atom is -0.550 e. The summed E-state index contributed by atoms with van der Waals surface area (Å²) in [4.78, 5) is 11.7. The molecule has 0 bridgehead atoms. The van der Waals surface area contributed by atoms with Crippen molar-refractivity contribution in [3.63, 3.8) is 0 Å². The molecular weight excluding hydrogens is 631 g/mol. The minimum atomic E-state index is -1.57. The van der Waals surface area contributed by atoms with Gasteiger partial charge in [-0.3, -0.25) is 0 Å².